The van der Waals surface area contributed by atoms with Gasteiger partial charge in [0.1, 0.15) is 10.8 Å². The Morgan fingerprint density at radius 2 is 2.14 bits per heavy atom. The van der Waals surface area contributed by atoms with E-state index in [1.54, 1.807) is 11.7 Å². The molecule has 116 valence electrons. The van der Waals surface area contributed by atoms with E-state index in [4.69, 9.17) is 5.11 Å². The van der Waals surface area contributed by atoms with Crippen molar-refractivity contribution in [2.45, 2.75) is 17.6 Å². The number of carbonyl (C=O) groups excluding carboxylic acids is 1. The second-order valence-electron chi connectivity index (χ2n) is 4.45. The molecule has 0 amide bonds. The molecular weight excluding hydrogens is 306 g/mol. The van der Waals surface area contributed by atoms with Crippen LogP contribution in [-0.4, -0.2) is 51.2 Å². The van der Waals surface area contributed by atoms with Gasteiger partial charge in [0, 0.05) is 0 Å². The van der Waals surface area contributed by atoms with Crippen LogP contribution in [0.15, 0.2) is 35.5 Å². The van der Waals surface area contributed by atoms with E-state index in [1.165, 1.54) is 11.8 Å². The van der Waals surface area contributed by atoms with Crippen LogP contribution < -0.4 is 10.00 Å². The molecule has 0 bridgehead atoms. The summed E-state index contributed by atoms with van der Waals surface area (Å²) in [4.78, 5) is 22.8. The van der Waals surface area contributed by atoms with Crippen molar-refractivity contribution in [3.05, 3.63) is 30.3 Å². The van der Waals surface area contributed by atoms with Crippen LogP contribution in [0.3, 0.4) is 0 Å². The number of aromatic amines is 1. The minimum atomic E-state index is -1.02. The molecule has 22 heavy (non-hydrogen) atoms. The number of nitrogens with zero attached hydrogens (tertiary/aromatic N) is 3. The first kappa shape index (κ1) is 16.1. The van der Waals surface area contributed by atoms with Gasteiger partial charge < -0.3 is 10.4 Å². The number of ketones is 1. The largest absolute Gasteiger partial charge is 0.481 e. The molecule has 0 aliphatic rings. The zero-order valence-electron chi connectivity index (χ0n) is 11.9. The maximum Gasteiger partial charge on any atom is 0.365 e. The molecule has 1 heterocycles. The average Bonchev–Trinajstić information content (AvgIpc) is 2.99. The van der Waals surface area contributed by atoms with E-state index in [0.29, 0.717) is 5.16 Å². The van der Waals surface area contributed by atoms with Gasteiger partial charge in [-0.25, -0.2) is 0 Å². The fraction of sp³-hybridized carbons (Fsp3) is 0.308. The van der Waals surface area contributed by atoms with E-state index in [2.05, 4.69) is 20.8 Å². The molecule has 0 aliphatic carbocycles. The van der Waals surface area contributed by atoms with E-state index in [1.807, 2.05) is 30.3 Å². The molecule has 0 saturated heterocycles. The fourth-order valence-electron chi connectivity index (χ4n) is 1.82. The molecule has 9 heteroatoms. The Balaban J connectivity index is 2.02. The summed E-state index contributed by atoms with van der Waals surface area (Å²) in [6.45, 7) is 0. The van der Waals surface area contributed by atoms with Gasteiger partial charge in [-0.1, -0.05) is 23.4 Å². The van der Waals surface area contributed by atoms with E-state index in [0.717, 1.165) is 5.69 Å². The number of hydrogen-bond donors (Lipinski definition) is 3. The normalized spacial score (nSPS) is 12.0. The highest BCUT2D eigenvalue weighted by atomic mass is 32.2. The first-order chi connectivity index (χ1) is 10.6. The van der Waals surface area contributed by atoms with Gasteiger partial charge in [0.05, 0.1) is 18.2 Å². The number of Topliss-reactive ketones (excluding diaryl/α,β-unsaturated/α-hetero) is 1. The molecule has 1 atom stereocenters. The molecule has 0 radical (unpaired) electrons. The minimum absolute atomic E-state index is 0.109. The number of tetrazole rings is 1. The van der Waals surface area contributed by atoms with Crippen LogP contribution >= 0.6 is 11.8 Å². The summed E-state index contributed by atoms with van der Waals surface area (Å²) < 4.78 is 1.66. The quantitative estimate of drug-likeness (QED) is 0.456. The first-order valence-corrected chi connectivity index (χ1v) is 7.53. The third kappa shape index (κ3) is 4.12. The lowest BCUT2D eigenvalue weighted by Gasteiger charge is -2.11. The molecule has 1 aromatic carbocycles. The zero-order valence-corrected chi connectivity index (χ0v) is 12.7. The fourth-order valence-corrected chi connectivity index (χ4v) is 2.67. The summed E-state index contributed by atoms with van der Waals surface area (Å²) in [5.41, 5.74) is 0.846. The number of carboxylic acids is 1. The SMILES string of the molecule is CN[C@@H](CC(=O)O)C(=O)CSc1nn[nH][n+]1-c1ccccc1. The summed E-state index contributed by atoms with van der Waals surface area (Å²) in [6, 6.07) is 8.72. The number of carbonyl (C=O) groups is 2. The summed E-state index contributed by atoms with van der Waals surface area (Å²) in [7, 11) is 1.57. The van der Waals surface area contributed by atoms with Gasteiger partial charge in [0.2, 0.25) is 0 Å². The van der Waals surface area contributed by atoms with E-state index in [9.17, 15) is 9.59 Å². The van der Waals surface area contributed by atoms with Crippen molar-refractivity contribution in [3.8, 4) is 5.69 Å². The highest BCUT2D eigenvalue weighted by molar-refractivity contribution is 7.99. The van der Waals surface area contributed by atoms with Crippen LogP contribution in [0.5, 0.6) is 0 Å². The Bertz CT molecular complexity index is 646. The van der Waals surface area contributed by atoms with Crippen LogP contribution in [-0.2, 0) is 9.59 Å². The average molecular weight is 322 g/mol. The molecule has 0 fully saturated rings. The molecular formula is C13H16N5O3S+. The Labute approximate surface area is 130 Å². The molecule has 0 aliphatic heterocycles. The number of hydrogen-bond acceptors (Lipinski definition) is 6. The Hall–Kier alpha value is -2.26. The van der Waals surface area contributed by atoms with Crippen molar-refractivity contribution < 1.29 is 19.4 Å². The van der Waals surface area contributed by atoms with Crippen molar-refractivity contribution in [1.29, 1.82) is 0 Å². The summed E-state index contributed by atoms with van der Waals surface area (Å²) in [5, 5.41) is 22.4. The maximum atomic E-state index is 12.0. The number of H-pyrrole nitrogens is 1. The van der Waals surface area contributed by atoms with Crippen molar-refractivity contribution in [1.82, 2.24) is 20.8 Å². The van der Waals surface area contributed by atoms with E-state index in [-0.39, 0.29) is 18.0 Å². The van der Waals surface area contributed by atoms with E-state index >= 15 is 0 Å². The number of rotatable bonds is 8. The maximum absolute atomic E-state index is 12.0. The molecule has 0 spiro atoms. The lowest BCUT2D eigenvalue weighted by atomic mass is 10.1. The van der Waals surface area contributed by atoms with Gasteiger partial charge in [-0.15, -0.1) is 4.68 Å². The van der Waals surface area contributed by atoms with Crippen molar-refractivity contribution in [2.24, 2.45) is 0 Å². The van der Waals surface area contributed by atoms with Crippen LogP contribution in [0.2, 0.25) is 0 Å². The Kier molecular flexibility index (Phi) is 5.61. The lowest BCUT2D eigenvalue weighted by molar-refractivity contribution is -0.697. The summed E-state index contributed by atoms with van der Waals surface area (Å²) >= 11 is 1.20. The number of para-hydroxylation sites is 1. The highest BCUT2D eigenvalue weighted by Crippen LogP contribution is 2.12. The number of thioether (sulfide) groups is 1. The smallest absolute Gasteiger partial charge is 0.365 e. The minimum Gasteiger partial charge on any atom is -0.481 e. The second-order valence-corrected chi connectivity index (χ2v) is 5.39. The molecule has 2 rings (SSSR count). The van der Waals surface area contributed by atoms with Crippen molar-refractivity contribution in [3.63, 3.8) is 0 Å². The van der Waals surface area contributed by atoms with Crippen LogP contribution in [0.1, 0.15) is 6.42 Å². The number of benzene rings is 1. The molecule has 8 nitrogen and oxygen atoms in total. The number of carboxylic acid groups (broad SMARTS) is 1. The topological polar surface area (TPSA) is 112 Å². The molecule has 0 saturated carbocycles. The lowest BCUT2D eigenvalue weighted by Crippen LogP contribution is -2.38. The highest BCUT2D eigenvalue weighted by Gasteiger charge is 2.23. The second kappa shape index (κ2) is 7.66. The van der Waals surface area contributed by atoms with Crippen molar-refractivity contribution >= 4 is 23.5 Å². The van der Waals surface area contributed by atoms with Crippen LogP contribution in [0.4, 0.5) is 0 Å². The van der Waals surface area contributed by atoms with Crippen LogP contribution in [0.25, 0.3) is 5.69 Å². The van der Waals surface area contributed by atoms with Gasteiger partial charge in [-0.2, -0.15) is 0 Å². The third-order valence-corrected chi connectivity index (χ3v) is 3.90. The third-order valence-electron chi connectivity index (χ3n) is 2.95. The number of aromatic nitrogens is 4. The summed E-state index contributed by atoms with van der Waals surface area (Å²) in [5.74, 6) is -1.10. The molecule has 2 aromatic rings. The van der Waals surface area contributed by atoms with Gasteiger partial charge in [-0.05, 0) is 30.9 Å². The van der Waals surface area contributed by atoms with Crippen molar-refractivity contribution in [2.75, 3.05) is 12.8 Å². The van der Waals surface area contributed by atoms with Crippen LogP contribution in [0, 0.1) is 0 Å². The summed E-state index contributed by atoms with van der Waals surface area (Å²) in [6.07, 6.45) is -0.243. The Morgan fingerprint density at radius 3 is 2.77 bits per heavy atom. The first-order valence-electron chi connectivity index (χ1n) is 6.55. The van der Waals surface area contributed by atoms with Gasteiger partial charge in [-0.3, -0.25) is 9.59 Å². The zero-order chi connectivity index (χ0) is 15.9. The Morgan fingerprint density at radius 1 is 1.41 bits per heavy atom. The molecule has 3 N–H and O–H groups in total. The number of aliphatic carboxylic acids is 1. The van der Waals surface area contributed by atoms with E-state index < -0.39 is 12.0 Å². The number of nitrogens with one attached hydrogen (secondary N) is 2. The predicted octanol–water partition coefficient (Wildman–Crippen LogP) is -0.195. The molecule has 1 aromatic heterocycles. The monoisotopic (exact) mass is 322 g/mol. The standard InChI is InChI=1S/C13H15N5O3S/c1-14-10(7-12(20)21)11(19)8-22-13-15-16-17-18(13)9-5-3-2-4-6-9/h2-6,10,14H,7-8H2,1H3,(H,20,21)/p+1/t10-/m0/s1. The van der Waals surface area contributed by atoms with Gasteiger partial charge in [0.25, 0.3) is 0 Å². The predicted molar refractivity (Wildman–Crippen MR) is 78.7 cm³/mol. The number of likely N-dealkylation sites (N-methyl/N-ethyl adjacent to an activating group) is 1. The van der Waals surface area contributed by atoms with Gasteiger partial charge in [0.15, 0.2) is 11.0 Å². The van der Waals surface area contributed by atoms with Gasteiger partial charge >= 0.3 is 11.1 Å². The molecule has 0 unspecified atom stereocenters.